The summed E-state index contributed by atoms with van der Waals surface area (Å²) in [6.07, 6.45) is 0.843. The lowest BCUT2D eigenvalue weighted by atomic mass is 10.2. The van der Waals surface area contributed by atoms with Gasteiger partial charge in [-0.1, -0.05) is 24.6 Å². The summed E-state index contributed by atoms with van der Waals surface area (Å²) in [5.41, 5.74) is 0.838. The zero-order chi connectivity index (χ0) is 11.3. The summed E-state index contributed by atoms with van der Waals surface area (Å²) in [6.45, 7) is 2.62. The molecule has 0 saturated heterocycles. The smallest absolute Gasteiger partial charge is 0.124 e. The lowest BCUT2D eigenvalue weighted by Crippen LogP contribution is -2.31. The van der Waals surface area contributed by atoms with Gasteiger partial charge in [0.1, 0.15) is 5.82 Å². The van der Waals surface area contributed by atoms with Gasteiger partial charge >= 0.3 is 0 Å². The number of aliphatic hydroxyl groups is 1. The molecule has 1 aromatic carbocycles. The largest absolute Gasteiger partial charge is 0.395 e. The van der Waals surface area contributed by atoms with E-state index in [1.54, 1.807) is 6.07 Å². The van der Waals surface area contributed by atoms with Crippen LogP contribution in [-0.2, 0) is 6.54 Å². The Kier molecular flexibility index (Phi) is 5.02. The Balaban J connectivity index is 2.57. The molecule has 4 heteroatoms. The van der Waals surface area contributed by atoms with Crippen molar-refractivity contribution in [2.24, 2.45) is 0 Å². The standard InChI is InChI=1S/C11H15ClFNO/c1-2-10(7-15)14-6-8-3-4-9(13)5-11(8)12/h3-5,10,14-15H,2,6-7H2,1H3. The van der Waals surface area contributed by atoms with E-state index in [0.29, 0.717) is 11.6 Å². The summed E-state index contributed by atoms with van der Waals surface area (Å²) < 4.78 is 12.7. The first-order chi connectivity index (χ1) is 7.17. The van der Waals surface area contributed by atoms with Gasteiger partial charge in [0, 0.05) is 17.6 Å². The highest BCUT2D eigenvalue weighted by Crippen LogP contribution is 2.17. The SMILES string of the molecule is CCC(CO)NCc1ccc(F)cc1Cl. The van der Waals surface area contributed by atoms with Crippen molar-refractivity contribution in [1.82, 2.24) is 5.32 Å². The van der Waals surface area contributed by atoms with Crippen LogP contribution in [0.25, 0.3) is 0 Å². The van der Waals surface area contributed by atoms with Crippen molar-refractivity contribution in [3.05, 3.63) is 34.6 Å². The Morgan fingerprint density at radius 3 is 2.80 bits per heavy atom. The third-order valence-electron chi connectivity index (χ3n) is 2.31. The first-order valence-corrected chi connectivity index (χ1v) is 5.33. The second-order valence-corrected chi connectivity index (χ2v) is 3.81. The summed E-state index contributed by atoms with van der Waals surface area (Å²) in [5.74, 6) is -0.335. The predicted octanol–water partition coefficient (Wildman–Crippen LogP) is 2.34. The average Bonchev–Trinajstić information content (AvgIpc) is 2.22. The number of aliphatic hydroxyl groups excluding tert-OH is 1. The summed E-state index contributed by atoms with van der Waals surface area (Å²) >= 11 is 5.86. The number of rotatable bonds is 5. The van der Waals surface area contributed by atoms with E-state index in [1.165, 1.54) is 12.1 Å². The van der Waals surface area contributed by atoms with Crippen LogP contribution < -0.4 is 5.32 Å². The third-order valence-corrected chi connectivity index (χ3v) is 2.66. The molecule has 0 radical (unpaired) electrons. The molecule has 0 aliphatic rings. The van der Waals surface area contributed by atoms with E-state index in [1.807, 2.05) is 6.92 Å². The second kappa shape index (κ2) is 6.05. The number of hydrogen-bond donors (Lipinski definition) is 2. The monoisotopic (exact) mass is 231 g/mol. The average molecular weight is 232 g/mol. The number of hydrogen-bond acceptors (Lipinski definition) is 2. The van der Waals surface area contributed by atoms with Crippen LogP contribution in [0.3, 0.4) is 0 Å². The molecule has 0 aromatic heterocycles. The zero-order valence-corrected chi connectivity index (χ0v) is 9.39. The van der Waals surface area contributed by atoms with Crippen LogP contribution in [0.5, 0.6) is 0 Å². The molecule has 0 spiro atoms. The summed E-state index contributed by atoms with van der Waals surface area (Å²) in [7, 11) is 0. The molecule has 2 nitrogen and oxygen atoms in total. The molecule has 0 bridgehead atoms. The Hall–Kier alpha value is -0.640. The van der Waals surface area contributed by atoms with Gasteiger partial charge in [-0.05, 0) is 24.1 Å². The Morgan fingerprint density at radius 1 is 1.53 bits per heavy atom. The second-order valence-electron chi connectivity index (χ2n) is 3.40. The number of benzene rings is 1. The van der Waals surface area contributed by atoms with Crippen LogP contribution in [0.4, 0.5) is 4.39 Å². The highest BCUT2D eigenvalue weighted by atomic mass is 35.5. The molecular weight excluding hydrogens is 217 g/mol. The number of halogens is 2. The van der Waals surface area contributed by atoms with Crippen molar-refractivity contribution in [3.63, 3.8) is 0 Å². The maximum absolute atomic E-state index is 12.7. The van der Waals surface area contributed by atoms with E-state index in [-0.39, 0.29) is 18.5 Å². The lowest BCUT2D eigenvalue weighted by Gasteiger charge is -2.14. The first kappa shape index (κ1) is 12.4. The topological polar surface area (TPSA) is 32.3 Å². The van der Waals surface area contributed by atoms with Gasteiger partial charge in [-0.25, -0.2) is 4.39 Å². The van der Waals surface area contributed by atoms with E-state index in [0.717, 1.165) is 12.0 Å². The minimum absolute atomic E-state index is 0.0612. The van der Waals surface area contributed by atoms with E-state index in [4.69, 9.17) is 16.7 Å². The van der Waals surface area contributed by atoms with Crippen LogP contribution in [-0.4, -0.2) is 17.8 Å². The van der Waals surface area contributed by atoms with Crippen LogP contribution in [0.1, 0.15) is 18.9 Å². The fraction of sp³-hybridized carbons (Fsp3) is 0.455. The lowest BCUT2D eigenvalue weighted by molar-refractivity contribution is 0.238. The molecule has 1 aromatic rings. The molecule has 15 heavy (non-hydrogen) atoms. The normalized spacial score (nSPS) is 12.8. The maximum atomic E-state index is 12.7. The molecule has 0 heterocycles. The van der Waals surface area contributed by atoms with Gasteiger partial charge in [0.05, 0.1) is 6.61 Å². The van der Waals surface area contributed by atoms with Crippen molar-refractivity contribution < 1.29 is 9.50 Å². The zero-order valence-electron chi connectivity index (χ0n) is 8.63. The highest BCUT2D eigenvalue weighted by Gasteiger charge is 2.06. The molecule has 2 N–H and O–H groups in total. The fourth-order valence-corrected chi connectivity index (χ4v) is 1.49. The molecule has 1 rings (SSSR count). The molecular formula is C11H15ClFNO. The van der Waals surface area contributed by atoms with E-state index in [9.17, 15) is 4.39 Å². The summed E-state index contributed by atoms with van der Waals surface area (Å²) in [4.78, 5) is 0. The molecule has 84 valence electrons. The van der Waals surface area contributed by atoms with Crippen LogP contribution >= 0.6 is 11.6 Å². The van der Waals surface area contributed by atoms with Gasteiger partial charge in [0.25, 0.3) is 0 Å². The van der Waals surface area contributed by atoms with Crippen molar-refractivity contribution in [1.29, 1.82) is 0 Å². The highest BCUT2D eigenvalue weighted by molar-refractivity contribution is 6.31. The maximum Gasteiger partial charge on any atom is 0.124 e. The van der Waals surface area contributed by atoms with Crippen molar-refractivity contribution in [2.75, 3.05) is 6.61 Å². The van der Waals surface area contributed by atoms with Gasteiger partial charge < -0.3 is 10.4 Å². The van der Waals surface area contributed by atoms with Gasteiger partial charge in [0.2, 0.25) is 0 Å². The minimum Gasteiger partial charge on any atom is -0.395 e. The molecule has 1 atom stereocenters. The van der Waals surface area contributed by atoms with Gasteiger partial charge in [0.15, 0.2) is 0 Å². The van der Waals surface area contributed by atoms with Crippen LogP contribution in [0, 0.1) is 5.82 Å². The van der Waals surface area contributed by atoms with Crippen molar-refractivity contribution >= 4 is 11.6 Å². The third kappa shape index (κ3) is 3.78. The molecule has 0 amide bonds. The van der Waals surface area contributed by atoms with E-state index in [2.05, 4.69) is 5.32 Å². The molecule has 1 unspecified atom stereocenters. The Bertz CT molecular complexity index is 315. The molecule has 0 fully saturated rings. The summed E-state index contributed by atoms with van der Waals surface area (Å²) in [6, 6.07) is 4.38. The van der Waals surface area contributed by atoms with E-state index >= 15 is 0 Å². The Labute approximate surface area is 94.1 Å². The molecule has 0 saturated carbocycles. The quantitative estimate of drug-likeness (QED) is 0.815. The Morgan fingerprint density at radius 2 is 2.27 bits per heavy atom. The van der Waals surface area contributed by atoms with Crippen LogP contribution in [0.15, 0.2) is 18.2 Å². The fourth-order valence-electron chi connectivity index (χ4n) is 1.26. The predicted molar refractivity (Wildman–Crippen MR) is 59.4 cm³/mol. The minimum atomic E-state index is -0.335. The van der Waals surface area contributed by atoms with Gasteiger partial charge in [-0.2, -0.15) is 0 Å². The van der Waals surface area contributed by atoms with Crippen molar-refractivity contribution in [3.8, 4) is 0 Å². The molecule has 0 aliphatic carbocycles. The van der Waals surface area contributed by atoms with Gasteiger partial charge in [-0.3, -0.25) is 0 Å². The van der Waals surface area contributed by atoms with Gasteiger partial charge in [-0.15, -0.1) is 0 Å². The first-order valence-electron chi connectivity index (χ1n) is 4.95. The van der Waals surface area contributed by atoms with Crippen molar-refractivity contribution in [2.45, 2.75) is 25.9 Å². The van der Waals surface area contributed by atoms with E-state index < -0.39 is 0 Å². The number of nitrogens with one attached hydrogen (secondary N) is 1. The summed E-state index contributed by atoms with van der Waals surface area (Å²) in [5, 5.41) is 12.5. The van der Waals surface area contributed by atoms with Crippen LogP contribution in [0.2, 0.25) is 5.02 Å². The molecule has 0 aliphatic heterocycles.